The molecule has 1 atom stereocenters. The fourth-order valence-corrected chi connectivity index (χ4v) is 2.57. The standard InChI is InChI=1S/C19H20ClNO2/c1-3-6-13(2)21-19(23)17-8-5-4-7-16(17)18(22)14-9-11-15(20)12-10-14/h4-5,7-13H,3,6H2,1-2H3,(H,21,23)/t13-/m1/s1. The summed E-state index contributed by atoms with van der Waals surface area (Å²) in [6.45, 7) is 4.03. The Morgan fingerprint density at radius 1 is 1.04 bits per heavy atom. The molecule has 0 aliphatic rings. The summed E-state index contributed by atoms with van der Waals surface area (Å²) in [5.41, 5.74) is 1.31. The molecule has 0 radical (unpaired) electrons. The van der Waals surface area contributed by atoms with E-state index in [0.717, 1.165) is 12.8 Å². The van der Waals surface area contributed by atoms with Gasteiger partial charge in [-0.1, -0.05) is 43.1 Å². The topological polar surface area (TPSA) is 46.2 Å². The molecule has 0 spiro atoms. The van der Waals surface area contributed by atoms with Gasteiger partial charge in [0.05, 0.1) is 5.56 Å². The number of hydrogen-bond donors (Lipinski definition) is 1. The molecule has 2 rings (SSSR count). The van der Waals surface area contributed by atoms with Crippen LogP contribution in [0.3, 0.4) is 0 Å². The molecule has 2 aromatic rings. The second-order valence-corrected chi connectivity index (χ2v) is 5.98. The number of amides is 1. The van der Waals surface area contributed by atoms with Crippen molar-refractivity contribution < 1.29 is 9.59 Å². The van der Waals surface area contributed by atoms with Gasteiger partial charge >= 0.3 is 0 Å². The van der Waals surface area contributed by atoms with Gasteiger partial charge in [0.15, 0.2) is 5.78 Å². The Morgan fingerprint density at radius 3 is 2.26 bits per heavy atom. The molecule has 0 aromatic heterocycles. The molecule has 120 valence electrons. The molecule has 0 bridgehead atoms. The maximum atomic E-state index is 12.7. The van der Waals surface area contributed by atoms with Crippen LogP contribution in [0.4, 0.5) is 0 Å². The molecule has 23 heavy (non-hydrogen) atoms. The number of nitrogens with one attached hydrogen (secondary N) is 1. The Balaban J connectivity index is 2.28. The van der Waals surface area contributed by atoms with Crippen LogP contribution in [0.25, 0.3) is 0 Å². The zero-order valence-electron chi connectivity index (χ0n) is 13.3. The first-order valence-corrected chi connectivity index (χ1v) is 8.11. The normalized spacial score (nSPS) is 11.8. The van der Waals surface area contributed by atoms with E-state index in [1.165, 1.54) is 0 Å². The third kappa shape index (κ3) is 4.42. The summed E-state index contributed by atoms with van der Waals surface area (Å²) in [7, 11) is 0. The van der Waals surface area contributed by atoms with Gasteiger partial charge in [0.1, 0.15) is 0 Å². The van der Waals surface area contributed by atoms with E-state index >= 15 is 0 Å². The molecule has 1 N–H and O–H groups in total. The second kappa shape index (κ2) is 7.93. The second-order valence-electron chi connectivity index (χ2n) is 5.54. The highest BCUT2D eigenvalue weighted by Gasteiger charge is 2.18. The van der Waals surface area contributed by atoms with Crippen molar-refractivity contribution in [3.05, 3.63) is 70.2 Å². The Kier molecular flexibility index (Phi) is 5.94. The van der Waals surface area contributed by atoms with Crippen molar-refractivity contribution in [2.24, 2.45) is 0 Å². The van der Waals surface area contributed by atoms with E-state index < -0.39 is 0 Å². The van der Waals surface area contributed by atoms with E-state index in [1.807, 2.05) is 6.92 Å². The highest BCUT2D eigenvalue weighted by atomic mass is 35.5. The van der Waals surface area contributed by atoms with Crippen molar-refractivity contribution in [3.63, 3.8) is 0 Å². The van der Waals surface area contributed by atoms with Crippen LogP contribution in [-0.2, 0) is 0 Å². The van der Waals surface area contributed by atoms with Crippen molar-refractivity contribution in [1.82, 2.24) is 5.32 Å². The summed E-state index contributed by atoms with van der Waals surface area (Å²) in [6.07, 6.45) is 1.89. The molecule has 0 fully saturated rings. The van der Waals surface area contributed by atoms with Gasteiger partial charge in [0, 0.05) is 22.2 Å². The van der Waals surface area contributed by atoms with Crippen molar-refractivity contribution in [2.75, 3.05) is 0 Å². The predicted molar refractivity (Wildman–Crippen MR) is 93.2 cm³/mol. The van der Waals surface area contributed by atoms with E-state index in [1.54, 1.807) is 48.5 Å². The van der Waals surface area contributed by atoms with E-state index in [0.29, 0.717) is 21.7 Å². The third-order valence-electron chi connectivity index (χ3n) is 3.62. The molecule has 2 aromatic carbocycles. The van der Waals surface area contributed by atoms with Crippen LogP contribution in [0.15, 0.2) is 48.5 Å². The van der Waals surface area contributed by atoms with Gasteiger partial charge in [0.2, 0.25) is 0 Å². The first kappa shape index (κ1) is 17.2. The number of halogens is 1. The molecule has 0 aliphatic carbocycles. The van der Waals surface area contributed by atoms with Crippen LogP contribution in [-0.4, -0.2) is 17.7 Å². The van der Waals surface area contributed by atoms with E-state index in [9.17, 15) is 9.59 Å². The zero-order valence-corrected chi connectivity index (χ0v) is 14.1. The first-order chi connectivity index (χ1) is 11.0. The van der Waals surface area contributed by atoms with Crippen LogP contribution < -0.4 is 5.32 Å². The number of ketones is 1. The van der Waals surface area contributed by atoms with Crippen LogP contribution >= 0.6 is 11.6 Å². The number of carbonyl (C=O) groups excluding carboxylic acids is 2. The van der Waals surface area contributed by atoms with Crippen LogP contribution in [0, 0.1) is 0 Å². The minimum absolute atomic E-state index is 0.0752. The first-order valence-electron chi connectivity index (χ1n) is 7.73. The fraction of sp³-hybridized carbons (Fsp3) is 0.263. The van der Waals surface area contributed by atoms with Crippen molar-refractivity contribution in [3.8, 4) is 0 Å². The van der Waals surface area contributed by atoms with Crippen molar-refractivity contribution >= 4 is 23.3 Å². The lowest BCUT2D eigenvalue weighted by atomic mass is 9.97. The van der Waals surface area contributed by atoms with Gasteiger partial charge in [-0.05, 0) is 43.7 Å². The number of rotatable bonds is 6. The lowest BCUT2D eigenvalue weighted by Crippen LogP contribution is -2.33. The van der Waals surface area contributed by atoms with Crippen molar-refractivity contribution in [2.45, 2.75) is 32.7 Å². The monoisotopic (exact) mass is 329 g/mol. The smallest absolute Gasteiger partial charge is 0.252 e. The van der Waals surface area contributed by atoms with Crippen LogP contribution in [0.5, 0.6) is 0 Å². The molecule has 1 amide bonds. The highest BCUT2D eigenvalue weighted by Crippen LogP contribution is 2.17. The fourth-order valence-electron chi connectivity index (χ4n) is 2.44. The summed E-state index contributed by atoms with van der Waals surface area (Å²) < 4.78 is 0. The highest BCUT2D eigenvalue weighted by molar-refractivity contribution is 6.30. The van der Waals surface area contributed by atoms with Crippen molar-refractivity contribution in [1.29, 1.82) is 0 Å². The Morgan fingerprint density at radius 2 is 1.65 bits per heavy atom. The SMILES string of the molecule is CCC[C@@H](C)NC(=O)c1ccccc1C(=O)c1ccc(Cl)cc1. The number of carbonyl (C=O) groups is 2. The maximum Gasteiger partial charge on any atom is 0.252 e. The molecule has 0 heterocycles. The molecule has 0 saturated carbocycles. The largest absolute Gasteiger partial charge is 0.350 e. The molecule has 3 nitrogen and oxygen atoms in total. The molecule has 0 saturated heterocycles. The van der Waals surface area contributed by atoms with Gasteiger partial charge in [0.25, 0.3) is 5.91 Å². The zero-order chi connectivity index (χ0) is 16.8. The van der Waals surface area contributed by atoms with Gasteiger partial charge in [-0.3, -0.25) is 9.59 Å². The molecular formula is C19H20ClNO2. The average molecular weight is 330 g/mol. The van der Waals surface area contributed by atoms with E-state index in [-0.39, 0.29) is 17.7 Å². The summed E-state index contributed by atoms with van der Waals surface area (Å²) in [5, 5.41) is 3.51. The van der Waals surface area contributed by atoms with E-state index in [2.05, 4.69) is 12.2 Å². The quantitative estimate of drug-likeness (QED) is 0.794. The lowest BCUT2D eigenvalue weighted by Gasteiger charge is -2.14. The third-order valence-corrected chi connectivity index (χ3v) is 3.87. The molecule has 0 aliphatic heterocycles. The minimum atomic E-state index is -0.219. The van der Waals surface area contributed by atoms with Gasteiger partial charge in [-0.2, -0.15) is 0 Å². The lowest BCUT2D eigenvalue weighted by molar-refractivity contribution is 0.0928. The number of hydrogen-bond acceptors (Lipinski definition) is 2. The van der Waals surface area contributed by atoms with Gasteiger partial charge in [-0.25, -0.2) is 0 Å². The Labute approximate surface area is 141 Å². The Bertz CT molecular complexity index is 695. The summed E-state index contributed by atoms with van der Waals surface area (Å²) in [5.74, 6) is -0.403. The van der Waals surface area contributed by atoms with E-state index in [4.69, 9.17) is 11.6 Å². The molecule has 0 unspecified atom stereocenters. The summed E-state index contributed by atoms with van der Waals surface area (Å²) in [4.78, 5) is 25.1. The molecule has 4 heteroatoms. The summed E-state index contributed by atoms with van der Waals surface area (Å²) >= 11 is 5.86. The van der Waals surface area contributed by atoms with Crippen LogP contribution in [0.2, 0.25) is 5.02 Å². The number of benzene rings is 2. The van der Waals surface area contributed by atoms with Crippen LogP contribution in [0.1, 0.15) is 53.0 Å². The maximum absolute atomic E-state index is 12.7. The average Bonchev–Trinajstić information content (AvgIpc) is 2.55. The summed E-state index contributed by atoms with van der Waals surface area (Å²) in [6, 6.07) is 13.6. The van der Waals surface area contributed by atoms with Gasteiger partial charge < -0.3 is 5.32 Å². The molecular weight excluding hydrogens is 310 g/mol. The van der Waals surface area contributed by atoms with Gasteiger partial charge in [-0.15, -0.1) is 0 Å². The predicted octanol–water partition coefficient (Wildman–Crippen LogP) is 4.49. The minimum Gasteiger partial charge on any atom is -0.350 e. The Hall–Kier alpha value is -2.13.